The molecule has 17 heavy (non-hydrogen) atoms. The first-order valence-corrected chi connectivity index (χ1v) is 5.41. The Kier molecular flexibility index (Phi) is 2.14. The molecule has 1 amide bonds. The van der Waals surface area contributed by atoms with Crippen LogP contribution in [0.25, 0.3) is 10.9 Å². The highest BCUT2D eigenvalue weighted by Gasteiger charge is 2.28. The van der Waals surface area contributed by atoms with Crippen LogP contribution < -0.4 is 4.90 Å². The Labute approximate surface area is 97.9 Å². The molecule has 0 radical (unpaired) electrons. The number of amides is 1. The van der Waals surface area contributed by atoms with E-state index in [9.17, 15) is 9.59 Å². The molecular formula is C13H10N2O2. The van der Waals surface area contributed by atoms with Crippen molar-refractivity contribution in [1.82, 2.24) is 4.98 Å². The summed E-state index contributed by atoms with van der Waals surface area (Å²) in [4.78, 5) is 28.6. The van der Waals surface area contributed by atoms with Crippen molar-refractivity contribution >= 4 is 28.3 Å². The van der Waals surface area contributed by atoms with Gasteiger partial charge >= 0.3 is 0 Å². The number of hydrogen-bond donors (Lipinski definition) is 0. The predicted octanol–water partition coefficient (Wildman–Crippen LogP) is 1.54. The maximum Gasteiger partial charge on any atom is 0.234 e. The van der Waals surface area contributed by atoms with Gasteiger partial charge in [0.25, 0.3) is 0 Å². The number of pyridine rings is 1. The number of nitrogens with zero attached hydrogens (tertiary/aromatic N) is 2. The average Bonchev–Trinajstić information content (AvgIpc) is 2.68. The van der Waals surface area contributed by atoms with Gasteiger partial charge in [-0.15, -0.1) is 0 Å². The van der Waals surface area contributed by atoms with Crippen molar-refractivity contribution < 1.29 is 9.59 Å². The van der Waals surface area contributed by atoms with Gasteiger partial charge in [0.05, 0.1) is 18.5 Å². The molecular weight excluding hydrogens is 216 g/mol. The van der Waals surface area contributed by atoms with E-state index in [1.54, 1.807) is 6.20 Å². The second kappa shape index (κ2) is 3.66. The SMILES string of the molecule is O=C1CC(=O)N(c2ccc3ncccc3c2)C1. The first-order chi connectivity index (χ1) is 8.24. The Morgan fingerprint density at radius 2 is 2.06 bits per heavy atom. The number of carbonyl (C=O) groups is 2. The molecule has 0 unspecified atom stereocenters. The fourth-order valence-corrected chi connectivity index (χ4v) is 2.05. The normalized spacial score (nSPS) is 15.9. The fourth-order valence-electron chi connectivity index (χ4n) is 2.05. The number of ketones is 1. The summed E-state index contributed by atoms with van der Waals surface area (Å²) in [5.41, 5.74) is 1.65. The molecule has 3 rings (SSSR count). The monoisotopic (exact) mass is 226 g/mol. The first-order valence-electron chi connectivity index (χ1n) is 5.41. The molecule has 1 aromatic carbocycles. The third-order valence-electron chi connectivity index (χ3n) is 2.88. The maximum atomic E-state index is 11.6. The second-order valence-corrected chi connectivity index (χ2v) is 4.08. The lowest BCUT2D eigenvalue weighted by Gasteiger charge is -2.14. The first kappa shape index (κ1) is 9.96. The number of anilines is 1. The van der Waals surface area contributed by atoms with E-state index >= 15 is 0 Å². The van der Waals surface area contributed by atoms with Crippen molar-refractivity contribution in [2.75, 3.05) is 11.4 Å². The van der Waals surface area contributed by atoms with Crippen LogP contribution in [0.15, 0.2) is 36.5 Å². The highest BCUT2D eigenvalue weighted by atomic mass is 16.2. The van der Waals surface area contributed by atoms with E-state index in [0.29, 0.717) is 0 Å². The minimum Gasteiger partial charge on any atom is -0.305 e. The molecule has 0 atom stereocenters. The van der Waals surface area contributed by atoms with Crippen molar-refractivity contribution in [3.05, 3.63) is 36.5 Å². The molecule has 1 aliphatic rings. The number of benzene rings is 1. The van der Waals surface area contributed by atoms with E-state index in [1.165, 1.54) is 4.90 Å². The van der Waals surface area contributed by atoms with Crippen LogP contribution in [-0.4, -0.2) is 23.2 Å². The number of Topliss-reactive ketones (excluding diaryl/α,β-unsaturated/α-hetero) is 1. The Morgan fingerprint density at radius 1 is 1.18 bits per heavy atom. The molecule has 4 heteroatoms. The smallest absolute Gasteiger partial charge is 0.234 e. The van der Waals surface area contributed by atoms with Gasteiger partial charge < -0.3 is 4.90 Å². The summed E-state index contributed by atoms with van der Waals surface area (Å²) in [6, 6.07) is 9.36. The predicted molar refractivity (Wildman–Crippen MR) is 63.7 cm³/mol. The van der Waals surface area contributed by atoms with Gasteiger partial charge in [0, 0.05) is 17.3 Å². The molecule has 1 fully saturated rings. The Balaban J connectivity index is 2.06. The summed E-state index contributed by atoms with van der Waals surface area (Å²) in [7, 11) is 0. The van der Waals surface area contributed by atoms with Gasteiger partial charge in [-0.1, -0.05) is 6.07 Å². The molecule has 2 heterocycles. The Morgan fingerprint density at radius 3 is 2.82 bits per heavy atom. The molecule has 0 bridgehead atoms. The van der Waals surface area contributed by atoms with E-state index in [0.717, 1.165) is 16.6 Å². The Bertz CT molecular complexity index is 622. The van der Waals surface area contributed by atoms with E-state index in [2.05, 4.69) is 4.98 Å². The molecule has 1 aromatic heterocycles. The van der Waals surface area contributed by atoms with Crippen LogP contribution in [0, 0.1) is 0 Å². The van der Waals surface area contributed by atoms with E-state index in [1.807, 2.05) is 30.3 Å². The number of fused-ring (bicyclic) bond motifs is 1. The van der Waals surface area contributed by atoms with Crippen LogP contribution in [0.3, 0.4) is 0 Å². The lowest BCUT2D eigenvalue weighted by Crippen LogP contribution is -2.24. The van der Waals surface area contributed by atoms with Crippen LogP contribution >= 0.6 is 0 Å². The summed E-state index contributed by atoms with van der Waals surface area (Å²) in [5.74, 6) is -0.153. The van der Waals surface area contributed by atoms with Gasteiger partial charge in [0.15, 0.2) is 5.78 Å². The van der Waals surface area contributed by atoms with Gasteiger partial charge in [-0.25, -0.2) is 0 Å². The van der Waals surface area contributed by atoms with Crippen molar-refractivity contribution in [1.29, 1.82) is 0 Å². The van der Waals surface area contributed by atoms with E-state index in [-0.39, 0.29) is 24.7 Å². The largest absolute Gasteiger partial charge is 0.305 e. The van der Waals surface area contributed by atoms with Crippen molar-refractivity contribution in [3.63, 3.8) is 0 Å². The second-order valence-electron chi connectivity index (χ2n) is 4.08. The molecule has 1 saturated heterocycles. The third kappa shape index (κ3) is 1.67. The zero-order valence-electron chi connectivity index (χ0n) is 9.09. The molecule has 84 valence electrons. The van der Waals surface area contributed by atoms with Gasteiger partial charge in [0.1, 0.15) is 0 Å². The van der Waals surface area contributed by atoms with Crippen molar-refractivity contribution in [3.8, 4) is 0 Å². The number of aromatic nitrogens is 1. The van der Waals surface area contributed by atoms with Crippen LogP contribution in [0.1, 0.15) is 6.42 Å². The molecule has 0 saturated carbocycles. The fraction of sp³-hybridized carbons (Fsp3) is 0.154. The van der Waals surface area contributed by atoms with Crippen molar-refractivity contribution in [2.24, 2.45) is 0 Å². The summed E-state index contributed by atoms with van der Waals surface area (Å²) in [6.07, 6.45) is 1.75. The molecule has 0 aliphatic carbocycles. The minimum atomic E-state index is -0.127. The lowest BCUT2D eigenvalue weighted by molar-refractivity contribution is -0.121. The van der Waals surface area contributed by atoms with Crippen LogP contribution in [0.5, 0.6) is 0 Å². The number of carbonyl (C=O) groups excluding carboxylic acids is 2. The minimum absolute atomic E-state index is 0.0189. The van der Waals surface area contributed by atoms with Gasteiger partial charge in [-0.05, 0) is 24.3 Å². The van der Waals surface area contributed by atoms with Gasteiger partial charge in [-0.2, -0.15) is 0 Å². The van der Waals surface area contributed by atoms with Gasteiger partial charge in [-0.3, -0.25) is 14.6 Å². The molecule has 0 N–H and O–H groups in total. The quantitative estimate of drug-likeness (QED) is 0.693. The molecule has 1 aliphatic heterocycles. The zero-order chi connectivity index (χ0) is 11.8. The van der Waals surface area contributed by atoms with Crippen LogP contribution in [-0.2, 0) is 9.59 Å². The summed E-state index contributed by atoms with van der Waals surface area (Å²) in [5, 5.41) is 0.970. The average molecular weight is 226 g/mol. The third-order valence-corrected chi connectivity index (χ3v) is 2.88. The standard InChI is InChI=1S/C13H10N2O2/c16-11-7-13(17)15(8-11)10-3-4-12-9(6-10)2-1-5-14-12/h1-6H,7-8H2. The Hall–Kier alpha value is -2.23. The van der Waals surface area contributed by atoms with Crippen molar-refractivity contribution in [2.45, 2.75) is 6.42 Å². The van der Waals surface area contributed by atoms with Gasteiger partial charge in [0.2, 0.25) is 5.91 Å². The van der Waals surface area contributed by atoms with Crippen LogP contribution in [0.4, 0.5) is 5.69 Å². The summed E-state index contributed by atoms with van der Waals surface area (Å²) >= 11 is 0. The number of rotatable bonds is 1. The van der Waals surface area contributed by atoms with Crippen LogP contribution in [0.2, 0.25) is 0 Å². The topological polar surface area (TPSA) is 50.3 Å². The van der Waals surface area contributed by atoms with E-state index in [4.69, 9.17) is 0 Å². The summed E-state index contributed by atoms with van der Waals surface area (Å²) in [6.45, 7) is 0.185. The highest BCUT2D eigenvalue weighted by Crippen LogP contribution is 2.23. The molecule has 4 nitrogen and oxygen atoms in total. The molecule has 0 spiro atoms. The molecule has 2 aromatic rings. The maximum absolute atomic E-state index is 11.6. The number of hydrogen-bond acceptors (Lipinski definition) is 3. The zero-order valence-corrected chi connectivity index (χ0v) is 9.09. The van der Waals surface area contributed by atoms with E-state index < -0.39 is 0 Å². The highest BCUT2D eigenvalue weighted by molar-refractivity contribution is 6.15. The lowest BCUT2D eigenvalue weighted by atomic mass is 10.2. The summed E-state index contributed by atoms with van der Waals surface area (Å²) < 4.78 is 0.